The van der Waals surface area contributed by atoms with E-state index in [9.17, 15) is 0 Å². The lowest BCUT2D eigenvalue weighted by molar-refractivity contribution is 0.0887. The second-order valence-electron chi connectivity index (χ2n) is 5.59. The van der Waals surface area contributed by atoms with Gasteiger partial charge in [0.25, 0.3) is 0 Å². The summed E-state index contributed by atoms with van der Waals surface area (Å²) in [6.07, 6.45) is 1.30. The number of hydrogen-bond donors (Lipinski definition) is 1. The van der Waals surface area contributed by atoms with Crippen LogP contribution in [0.4, 0.5) is 0 Å². The Morgan fingerprint density at radius 3 is 2.76 bits per heavy atom. The zero-order valence-corrected chi connectivity index (χ0v) is 11.5. The van der Waals surface area contributed by atoms with Crippen LogP contribution in [0.25, 0.3) is 0 Å². The van der Waals surface area contributed by atoms with Crippen molar-refractivity contribution in [3.63, 3.8) is 0 Å². The van der Waals surface area contributed by atoms with Gasteiger partial charge in [-0.1, -0.05) is 0 Å². The number of rotatable bonds is 3. The monoisotopic (exact) mass is 240 g/mol. The van der Waals surface area contributed by atoms with Crippen LogP contribution in [0.1, 0.15) is 13.3 Å². The highest BCUT2D eigenvalue weighted by Gasteiger charge is 2.21. The van der Waals surface area contributed by atoms with E-state index < -0.39 is 0 Å². The Labute approximate surface area is 106 Å². The van der Waals surface area contributed by atoms with Crippen molar-refractivity contribution in [2.75, 3.05) is 66.0 Å². The summed E-state index contributed by atoms with van der Waals surface area (Å²) in [6.45, 7) is 13.4. The highest BCUT2D eigenvalue weighted by molar-refractivity contribution is 4.78. The molecule has 100 valence electrons. The molecule has 1 N–H and O–H groups in total. The lowest BCUT2D eigenvalue weighted by Gasteiger charge is -2.39. The summed E-state index contributed by atoms with van der Waals surface area (Å²) >= 11 is 0. The van der Waals surface area contributed by atoms with Crippen LogP contribution in [-0.4, -0.2) is 86.7 Å². The van der Waals surface area contributed by atoms with Crippen LogP contribution >= 0.6 is 0 Å². The fourth-order valence-corrected chi connectivity index (χ4v) is 2.90. The number of piperazine rings is 1. The molecule has 4 nitrogen and oxygen atoms in total. The standard InChI is InChI=1S/C13H28N4/c1-13-12-15(2)8-10-17(13)11-9-16-6-3-4-14-5-7-16/h13-14H,3-12H2,1-2H3. The molecule has 0 aromatic heterocycles. The zero-order valence-electron chi connectivity index (χ0n) is 11.5. The van der Waals surface area contributed by atoms with Gasteiger partial charge in [0.05, 0.1) is 0 Å². The number of likely N-dealkylation sites (N-methyl/N-ethyl adjacent to an activating group) is 1. The molecular formula is C13H28N4. The van der Waals surface area contributed by atoms with Gasteiger partial charge in [-0.3, -0.25) is 4.90 Å². The van der Waals surface area contributed by atoms with Crippen LogP contribution in [0.5, 0.6) is 0 Å². The van der Waals surface area contributed by atoms with E-state index in [4.69, 9.17) is 0 Å². The molecule has 2 rings (SSSR count). The van der Waals surface area contributed by atoms with E-state index in [1.54, 1.807) is 0 Å². The van der Waals surface area contributed by atoms with E-state index in [1.807, 2.05) is 0 Å². The normalized spacial score (nSPS) is 30.4. The highest BCUT2D eigenvalue weighted by Crippen LogP contribution is 2.07. The summed E-state index contributed by atoms with van der Waals surface area (Å²) < 4.78 is 0. The van der Waals surface area contributed by atoms with Crippen LogP contribution in [0.15, 0.2) is 0 Å². The molecule has 2 aliphatic rings. The summed E-state index contributed by atoms with van der Waals surface area (Å²) in [5.74, 6) is 0. The maximum atomic E-state index is 3.47. The van der Waals surface area contributed by atoms with Gasteiger partial charge in [0.15, 0.2) is 0 Å². The van der Waals surface area contributed by atoms with Crippen LogP contribution in [0.2, 0.25) is 0 Å². The van der Waals surface area contributed by atoms with E-state index in [0.29, 0.717) is 0 Å². The summed E-state index contributed by atoms with van der Waals surface area (Å²) in [4.78, 5) is 7.71. The van der Waals surface area contributed by atoms with Crippen molar-refractivity contribution in [2.24, 2.45) is 0 Å². The van der Waals surface area contributed by atoms with Crippen molar-refractivity contribution >= 4 is 0 Å². The van der Waals surface area contributed by atoms with Gasteiger partial charge in [-0.2, -0.15) is 0 Å². The Balaban J connectivity index is 1.69. The molecule has 0 aliphatic carbocycles. The maximum Gasteiger partial charge on any atom is 0.0195 e. The molecule has 2 aliphatic heterocycles. The molecule has 17 heavy (non-hydrogen) atoms. The van der Waals surface area contributed by atoms with Gasteiger partial charge in [-0.25, -0.2) is 0 Å². The fourth-order valence-electron chi connectivity index (χ4n) is 2.90. The first kappa shape index (κ1) is 13.3. The first-order valence-electron chi connectivity index (χ1n) is 7.11. The molecular weight excluding hydrogens is 212 g/mol. The Morgan fingerprint density at radius 2 is 1.94 bits per heavy atom. The van der Waals surface area contributed by atoms with Gasteiger partial charge in [0.2, 0.25) is 0 Å². The predicted octanol–water partition coefficient (Wildman–Crippen LogP) is -0.0824. The van der Waals surface area contributed by atoms with E-state index in [2.05, 4.69) is 34.0 Å². The van der Waals surface area contributed by atoms with E-state index in [1.165, 1.54) is 58.8 Å². The topological polar surface area (TPSA) is 21.8 Å². The summed E-state index contributed by atoms with van der Waals surface area (Å²) in [5.41, 5.74) is 0. The Hall–Kier alpha value is -0.160. The summed E-state index contributed by atoms with van der Waals surface area (Å²) in [6, 6.07) is 0.721. The molecule has 0 saturated carbocycles. The van der Waals surface area contributed by atoms with Gasteiger partial charge in [0.1, 0.15) is 0 Å². The lowest BCUT2D eigenvalue weighted by atomic mass is 10.2. The minimum absolute atomic E-state index is 0.721. The third-order valence-corrected chi connectivity index (χ3v) is 4.10. The van der Waals surface area contributed by atoms with Crippen molar-refractivity contribution in [3.05, 3.63) is 0 Å². The van der Waals surface area contributed by atoms with Crippen molar-refractivity contribution in [1.82, 2.24) is 20.0 Å². The second-order valence-corrected chi connectivity index (χ2v) is 5.59. The van der Waals surface area contributed by atoms with E-state index in [-0.39, 0.29) is 0 Å². The Morgan fingerprint density at radius 1 is 1.06 bits per heavy atom. The fraction of sp³-hybridized carbons (Fsp3) is 1.00. The Bertz CT molecular complexity index is 213. The molecule has 4 heteroatoms. The molecule has 2 fully saturated rings. The van der Waals surface area contributed by atoms with Crippen LogP contribution in [-0.2, 0) is 0 Å². The minimum atomic E-state index is 0.721. The smallest absolute Gasteiger partial charge is 0.0195 e. The maximum absolute atomic E-state index is 3.47. The zero-order chi connectivity index (χ0) is 12.1. The van der Waals surface area contributed by atoms with E-state index in [0.717, 1.165) is 12.6 Å². The Kier molecular flexibility index (Phi) is 5.22. The molecule has 0 amide bonds. The molecule has 0 spiro atoms. The van der Waals surface area contributed by atoms with Crippen molar-refractivity contribution in [1.29, 1.82) is 0 Å². The van der Waals surface area contributed by atoms with E-state index >= 15 is 0 Å². The lowest BCUT2D eigenvalue weighted by Crippen LogP contribution is -2.52. The molecule has 0 bridgehead atoms. The van der Waals surface area contributed by atoms with Crippen molar-refractivity contribution in [2.45, 2.75) is 19.4 Å². The summed E-state index contributed by atoms with van der Waals surface area (Å²) in [5, 5.41) is 3.47. The third-order valence-electron chi connectivity index (χ3n) is 4.10. The molecule has 0 aromatic carbocycles. The molecule has 0 radical (unpaired) electrons. The number of hydrogen-bond acceptors (Lipinski definition) is 4. The van der Waals surface area contributed by atoms with Crippen molar-refractivity contribution < 1.29 is 0 Å². The molecule has 1 unspecified atom stereocenters. The van der Waals surface area contributed by atoms with Gasteiger partial charge in [-0.15, -0.1) is 0 Å². The molecule has 2 saturated heterocycles. The number of nitrogens with zero attached hydrogens (tertiary/aromatic N) is 3. The average molecular weight is 240 g/mol. The van der Waals surface area contributed by atoms with Crippen LogP contribution in [0.3, 0.4) is 0 Å². The molecule has 2 heterocycles. The van der Waals surface area contributed by atoms with Gasteiger partial charge >= 0.3 is 0 Å². The third kappa shape index (κ3) is 4.21. The number of nitrogens with one attached hydrogen (secondary N) is 1. The SMILES string of the molecule is CC1CN(C)CCN1CCN1CCCNCC1. The molecule has 0 aromatic rings. The quantitative estimate of drug-likeness (QED) is 0.745. The van der Waals surface area contributed by atoms with Crippen molar-refractivity contribution in [3.8, 4) is 0 Å². The largest absolute Gasteiger partial charge is 0.315 e. The minimum Gasteiger partial charge on any atom is -0.315 e. The predicted molar refractivity (Wildman–Crippen MR) is 72.5 cm³/mol. The van der Waals surface area contributed by atoms with Crippen LogP contribution in [0, 0.1) is 0 Å². The van der Waals surface area contributed by atoms with Gasteiger partial charge in [-0.05, 0) is 33.5 Å². The van der Waals surface area contributed by atoms with Crippen LogP contribution < -0.4 is 5.32 Å². The first-order valence-corrected chi connectivity index (χ1v) is 7.11. The van der Waals surface area contributed by atoms with Gasteiger partial charge < -0.3 is 15.1 Å². The second kappa shape index (κ2) is 6.69. The summed E-state index contributed by atoms with van der Waals surface area (Å²) in [7, 11) is 2.23. The first-order chi connectivity index (χ1) is 8.25. The average Bonchev–Trinajstić information content (AvgIpc) is 2.56. The highest BCUT2D eigenvalue weighted by atomic mass is 15.3. The molecule has 1 atom stereocenters. The van der Waals surface area contributed by atoms with Gasteiger partial charge in [0, 0.05) is 51.9 Å².